The molecule has 130 valence electrons. The van der Waals surface area contributed by atoms with Crippen LogP contribution in [0.3, 0.4) is 0 Å². The van der Waals surface area contributed by atoms with Crippen LogP contribution in [-0.4, -0.2) is 41.8 Å². The van der Waals surface area contributed by atoms with Crippen molar-refractivity contribution in [2.24, 2.45) is 0 Å². The third kappa shape index (κ3) is 4.36. The van der Waals surface area contributed by atoms with Gasteiger partial charge in [0.2, 0.25) is 0 Å². The zero-order chi connectivity index (χ0) is 17.6. The van der Waals surface area contributed by atoms with Gasteiger partial charge in [-0.3, -0.25) is 0 Å². The van der Waals surface area contributed by atoms with E-state index in [0.717, 1.165) is 11.1 Å². The first-order valence-electron chi connectivity index (χ1n) is 8.04. The van der Waals surface area contributed by atoms with Crippen molar-refractivity contribution in [3.8, 4) is 0 Å². The van der Waals surface area contributed by atoms with Gasteiger partial charge in [-0.2, -0.15) is 0 Å². The fourth-order valence-corrected chi connectivity index (χ4v) is 2.67. The van der Waals surface area contributed by atoms with Gasteiger partial charge in [0.25, 0.3) is 0 Å². The number of morpholine rings is 1. The predicted molar refractivity (Wildman–Crippen MR) is 90.3 cm³/mol. The Hall–Kier alpha value is -2.86. The summed E-state index contributed by atoms with van der Waals surface area (Å²) in [4.78, 5) is 24.8. The van der Waals surface area contributed by atoms with Crippen LogP contribution in [0.25, 0.3) is 0 Å². The van der Waals surface area contributed by atoms with Crippen LogP contribution in [0, 0.1) is 0 Å². The van der Waals surface area contributed by atoms with Crippen molar-refractivity contribution < 1.29 is 24.2 Å². The van der Waals surface area contributed by atoms with E-state index in [9.17, 15) is 9.59 Å². The summed E-state index contributed by atoms with van der Waals surface area (Å²) in [6.45, 7) is 1.48. The van der Waals surface area contributed by atoms with E-state index in [2.05, 4.69) is 0 Å². The average molecular weight is 341 g/mol. The monoisotopic (exact) mass is 341 g/mol. The molecule has 1 aliphatic heterocycles. The van der Waals surface area contributed by atoms with Crippen LogP contribution in [0.1, 0.15) is 27.6 Å². The Bertz CT molecular complexity index is 729. The van der Waals surface area contributed by atoms with Crippen molar-refractivity contribution in [2.75, 3.05) is 19.7 Å². The van der Waals surface area contributed by atoms with E-state index in [-0.39, 0.29) is 24.4 Å². The summed E-state index contributed by atoms with van der Waals surface area (Å²) in [7, 11) is 0. The quantitative estimate of drug-likeness (QED) is 0.925. The molecule has 0 saturated carbocycles. The minimum atomic E-state index is -0.970. The lowest BCUT2D eigenvalue weighted by atomic mass is 10.1. The van der Waals surface area contributed by atoms with Gasteiger partial charge in [-0.05, 0) is 23.3 Å². The van der Waals surface area contributed by atoms with E-state index in [0.29, 0.717) is 19.7 Å². The molecule has 0 radical (unpaired) electrons. The molecule has 2 aromatic carbocycles. The van der Waals surface area contributed by atoms with Gasteiger partial charge in [-0.1, -0.05) is 42.5 Å². The molecule has 6 nitrogen and oxygen atoms in total. The molecule has 1 amide bonds. The Labute approximate surface area is 145 Å². The van der Waals surface area contributed by atoms with Crippen molar-refractivity contribution in [3.05, 3.63) is 71.3 Å². The highest BCUT2D eigenvalue weighted by atomic mass is 16.6. The Morgan fingerprint density at radius 1 is 1.12 bits per heavy atom. The standard InChI is InChI=1S/C19H19NO5/c21-18(22)16-8-6-15(7-9-16)17-12-20(10-11-24-17)19(23)25-13-14-4-2-1-3-5-14/h1-9,17H,10-13H2,(H,21,22). The van der Waals surface area contributed by atoms with Gasteiger partial charge in [-0.15, -0.1) is 0 Å². The van der Waals surface area contributed by atoms with Gasteiger partial charge >= 0.3 is 12.1 Å². The van der Waals surface area contributed by atoms with E-state index in [4.69, 9.17) is 14.6 Å². The maximum absolute atomic E-state index is 12.3. The van der Waals surface area contributed by atoms with Crippen LogP contribution in [0.4, 0.5) is 4.79 Å². The van der Waals surface area contributed by atoms with Gasteiger partial charge in [0.15, 0.2) is 0 Å². The molecule has 1 N–H and O–H groups in total. The summed E-state index contributed by atoms with van der Waals surface area (Å²) in [6.07, 6.45) is -0.667. The van der Waals surface area contributed by atoms with Gasteiger partial charge in [0, 0.05) is 6.54 Å². The van der Waals surface area contributed by atoms with Crippen LogP contribution in [0.15, 0.2) is 54.6 Å². The Balaban J connectivity index is 1.58. The molecule has 1 atom stereocenters. The number of carboxylic acid groups (broad SMARTS) is 1. The van der Waals surface area contributed by atoms with Gasteiger partial charge in [0.05, 0.1) is 18.7 Å². The molecule has 3 rings (SSSR count). The van der Waals surface area contributed by atoms with E-state index < -0.39 is 5.97 Å². The summed E-state index contributed by atoms with van der Waals surface area (Å²) < 4.78 is 11.1. The molecule has 0 spiro atoms. The molecule has 1 heterocycles. The van der Waals surface area contributed by atoms with Gasteiger partial charge in [0.1, 0.15) is 12.7 Å². The molecule has 1 aliphatic rings. The minimum Gasteiger partial charge on any atom is -0.478 e. The first kappa shape index (κ1) is 17.0. The Kier molecular flexibility index (Phi) is 5.30. The summed E-state index contributed by atoms with van der Waals surface area (Å²) in [5.74, 6) is -0.970. The lowest BCUT2D eigenvalue weighted by Crippen LogP contribution is -2.42. The lowest BCUT2D eigenvalue weighted by Gasteiger charge is -2.32. The number of carbonyl (C=O) groups is 2. The maximum Gasteiger partial charge on any atom is 0.410 e. The van der Waals surface area contributed by atoms with Crippen molar-refractivity contribution in [2.45, 2.75) is 12.7 Å². The number of nitrogens with zero attached hydrogens (tertiary/aromatic N) is 1. The highest BCUT2D eigenvalue weighted by Gasteiger charge is 2.26. The number of carboxylic acids is 1. The highest BCUT2D eigenvalue weighted by Crippen LogP contribution is 2.23. The van der Waals surface area contributed by atoms with Crippen LogP contribution in [0.5, 0.6) is 0 Å². The second-order valence-corrected chi connectivity index (χ2v) is 5.77. The summed E-state index contributed by atoms with van der Waals surface area (Å²) in [6, 6.07) is 16.0. The molecule has 2 aromatic rings. The van der Waals surface area contributed by atoms with E-state index in [1.54, 1.807) is 17.0 Å². The summed E-state index contributed by atoms with van der Waals surface area (Å²) >= 11 is 0. The van der Waals surface area contributed by atoms with E-state index >= 15 is 0 Å². The largest absolute Gasteiger partial charge is 0.478 e. The number of carbonyl (C=O) groups excluding carboxylic acids is 1. The third-order valence-electron chi connectivity index (χ3n) is 4.06. The van der Waals surface area contributed by atoms with Crippen LogP contribution < -0.4 is 0 Å². The highest BCUT2D eigenvalue weighted by molar-refractivity contribution is 5.87. The molecule has 1 saturated heterocycles. The number of hydrogen-bond acceptors (Lipinski definition) is 4. The van der Waals surface area contributed by atoms with Crippen LogP contribution in [0.2, 0.25) is 0 Å². The zero-order valence-electron chi connectivity index (χ0n) is 13.6. The fraction of sp³-hybridized carbons (Fsp3) is 0.263. The molecule has 6 heteroatoms. The van der Waals surface area contributed by atoms with Crippen molar-refractivity contribution in [3.63, 3.8) is 0 Å². The molecule has 0 aromatic heterocycles. The lowest BCUT2D eigenvalue weighted by molar-refractivity contribution is -0.0296. The number of amides is 1. The SMILES string of the molecule is O=C(O)c1ccc(C2CN(C(=O)OCc3ccccc3)CCO2)cc1. The van der Waals surface area contributed by atoms with Gasteiger partial charge in [-0.25, -0.2) is 9.59 Å². The third-order valence-corrected chi connectivity index (χ3v) is 4.06. The Morgan fingerprint density at radius 3 is 2.52 bits per heavy atom. The maximum atomic E-state index is 12.3. The van der Waals surface area contributed by atoms with Gasteiger partial charge < -0.3 is 19.5 Å². The second kappa shape index (κ2) is 7.81. The molecule has 1 unspecified atom stereocenters. The smallest absolute Gasteiger partial charge is 0.410 e. The number of hydrogen-bond donors (Lipinski definition) is 1. The first-order chi connectivity index (χ1) is 12.1. The molecular formula is C19H19NO5. The molecule has 1 fully saturated rings. The van der Waals surface area contributed by atoms with Crippen molar-refractivity contribution in [1.82, 2.24) is 4.90 Å². The molecule has 0 bridgehead atoms. The first-order valence-corrected chi connectivity index (χ1v) is 8.04. The molecule has 0 aliphatic carbocycles. The number of benzene rings is 2. The summed E-state index contributed by atoms with van der Waals surface area (Å²) in [5, 5.41) is 8.95. The molecule has 25 heavy (non-hydrogen) atoms. The van der Waals surface area contributed by atoms with Crippen LogP contribution in [-0.2, 0) is 16.1 Å². The van der Waals surface area contributed by atoms with E-state index in [1.165, 1.54) is 12.1 Å². The summed E-state index contributed by atoms with van der Waals surface area (Å²) in [5.41, 5.74) is 1.99. The number of rotatable bonds is 4. The second-order valence-electron chi connectivity index (χ2n) is 5.77. The van der Waals surface area contributed by atoms with Crippen molar-refractivity contribution >= 4 is 12.1 Å². The number of aromatic carboxylic acids is 1. The average Bonchev–Trinajstić information content (AvgIpc) is 2.67. The fourth-order valence-electron chi connectivity index (χ4n) is 2.67. The Morgan fingerprint density at radius 2 is 1.84 bits per heavy atom. The van der Waals surface area contributed by atoms with E-state index in [1.807, 2.05) is 30.3 Å². The normalized spacial score (nSPS) is 17.1. The minimum absolute atomic E-state index is 0.221. The number of ether oxygens (including phenoxy) is 2. The zero-order valence-corrected chi connectivity index (χ0v) is 13.6. The van der Waals surface area contributed by atoms with Crippen molar-refractivity contribution in [1.29, 1.82) is 0 Å². The topological polar surface area (TPSA) is 76.1 Å². The molecular weight excluding hydrogens is 322 g/mol. The van der Waals surface area contributed by atoms with Crippen LogP contribution >= 0.6 is 0 Å². The predicted octanol–water partition coefficient (Wildman–Crippen LogP) is 3.09.